The molecule has 0 atom stereocenters. The van der Waals surface area contributed by atoms with Gasteiger partial charge in [-0.25, -0.2) is 4.98 Å². The number of alkyl halides is 3. The molecule has 6 heteroatoms. The van der Waals surface area contributed by atoms with Crippen LogP contribution in [0, 0.1) is 0 Å². The SMILES string of the molecule is FC(F)(F)Oc1nccs1. The highest BCUT2D eigenvalue weighted by Crippen LogP contribution is 2.23. The summed E-state index contributed by atoms with van der Waals surface area (Å²) in [4.78, 5) is 3.28. The molecule has 0 amide bonds. The molecule has 0 fully saturated rings. The van der Waals surface area contributed by atoms with Crippen LogP contribution < -0.4 is 4.74 Å². The Hall–Kier alpha value is -0.780. The summed E-state index contributed by atoms with van der Waals surface area (Å²) in [5, 5.41) is 1.02. The summed E-state index contributed by atoms with van der Waals surface area (Å²) in [6, 6.07) is 0. The number of aromatic nitrogens is 1. The van der Waals surface area contributed by atoms with Crippen LogP contribution in [0.2, 0.25) is 0 Å². The third kappa shape index (κ3) is 2.22. The van der Waals surface area contributed by atoms with Crippen LogP contribution in [0.1, 0.15) is 0 Å². The fourth-order valence-corrected chi connectivity index (χ4v) is 0.862. The van der Waals surface area contributed by atoms with Gasteiger partial charge in [-0.3, -0.25) is 0 Å². The lowest BCUT2D eigenvalue weighted by molar-refractivity contribution is -0.274. The molecule has 0 aromatic carbocycles. The van der Waals surface area contributed by atoms with Crippen LogP contribution in [0.4, 0.5) is 13.2 Å². The second kappa shape index (κ2) is 2.45. The fraction of sp³-hybridized carbons (Fsp3) is 0.250. The molecule has 0 bridgehead atoms. The Balaban J connectivity index is 2.57. The zero-order valence-electron chi connectivity index (χ0n) is 4.55. The average molecular weight is 169 g/mol. The number of rotatable bonds is 1. The van der Waals surface area contributed by atoms with E-state index in [0.717, 1.165) is 11.3 Å². The standard InChI is InChI=1S/C4H2F3NOS/c5-4(6,7)9-3-8-1-2-10-3/h1-2H. The van der Waals surface area contributed by atoms with Crippen molar-refractivity contribution in [1.82, 2.24) is 4.98 Å². The molecule has 2 nitrogen and oxygen atoms in total. The molecule has 10 heavy (non-hydrogen) atoms. The molecule has 56 valence electrons. The second-order valence-corrected chi connectivity index (χ2v) is 2.20. The molecule has 1 aromatic rings. The van der Waals surface area contributed by atoms with Gasteiger partial charge in [-0.2, -0.15) is 0 Å². The topological polar surface area (TPSA) is 22.1 Å². The first-order valence-electron chi connectivity index (χ1n) is 2.23. The van der Waals surface area contributed by atoms with Gasteiger partial charge in [-0.1, -0.05) is 11.3 Å². The zero-order valence-corrected chi connectivity index (χ0v) is 5.37. The van der Waals surface area contributed by atoms with Gasteiger partial charge < -0.3 is 4.74 Å². The number of nitrogens with zero attached hydrogens (tertiary/aromatic N) is 1. The maximum Gasteiger partial charge on any atom is 0.574 e. The van der Waals surface area contributed by atoms with Gasteiger partial charge in [0.25, 0.3) is 5.19 Å². The third-order valence-corrected chi connectivity index (χ3v) is 1.26. The highest BCUT2D eigenvalue weighted by molar-refractivity contribution is 7.11. The zero-order chi connectivity index (χ0) is 7.61. The predicted molar refractivity (Wildman–Crippen MR) is 28.8 cm³/mol. The van der Waals surface area contributed by atoms with Gasteiger partial charge in [-0.15, -0.1) is 13.2 Å². The Bertz CT molecular complexity index is 195. The van der Waals surface area contributed by atoms with Crippen LogP contribution >= 0.6 is 11.3 Å². The molecule has 0 spiro atoms. The first kappa shape index (κ1) is 7.33. The molecular weight excluding hydrogens is 167 g/mol. The molecule has 1 aromatic heterocycles. The van der Waals surface area contributed by atoms with Gasteiger partial charge in [0, 0.05) is 11.6 Å². The number of hydrogen-bond acceptors (Lipinski definition) is 3. The van der Waals surface area contributed by atoms with Gasteiger partial charge in [0.2, 0.25) is 0 Å². The van der Waals surface area contributed by atoms with Crippen molar-refractivity contribution in [3.8, 4) is 5.19 Å². The molecule has 0 aliphatic carbocycles. The molecule has 0 radical (unpaired) electrons. The largest absolute Gasteiger partial charge is 0.574 e. The summed E-state index contributed by atoms with van der Waals surface area (Å²) < 4.78 is 37.5. The first-order valence-corrected chi connectivity index (χ1v) is 3.11. The molecule has 0 aliphatic rings. The molecule has 0 unspecified atom stereocenters. The summed E-state index contributed by atoms with van der Waals surface area (Å²) in [6.07, 6.45) is -3.39. The monoisotopic (exact) mass is 169 g/mol. The van der Waals surface area contributed by atoms with E-state index < -0.39 is 6.36 Å². The molecule has 0 saturated heterocycles. The van der Waals surface area contributed by atoms with Crippen molar-refractivity contribution in [1.29, 1.82) is 0 Å². The maximum atomic E-state index is 11.4. The van der Waals surface area contributed by atoms with E-state index in [0.29, 0.717) is 0 Å². The van der Waals surface area contributed by atoms with Crippen molar-refractivity contribution in [2.24, 2.45) is 0 Å². The Labute approximate surface area is 58.3 Å². The van der Waals surface area contributed by atoms with Crippen molar-refractivity contribution in [3.05, 3.63) is 11.6 Å². The molecule has 1 rings (SSSR count). The molecule has 0 aliphatic heterocycles. The summed E-state index contributed by atoms with van der Waals surface area (Å²) in [7, 11) is 0. The van der Waals surface area contributed by atoms with Gasteiger partial charge in [0.1, 0.15) is 0 Å². The normalized spacial score (nSPS) is 11.5. The van der Waals surface area contributed by atoms with Crippen LogP contribution in [0.25, 0.3) is 0 Å². The lowest BCUT2D eigenvalue weighted by Gasteiger charge is -2.03. The van der Waals surface area contributed by atoms with E-state index >= 15 is 0 Å². The van der Waals surface area contributed by atoms with E-state index in [2.05, 4.69) is 9.72 Å². The van der Waals surface area contributed by atoms with E-state index in [4.69, 9.17) is 0 Å². The van der Waals surface area contributed by atoms with Crippen molar-refractivity contribution >= 4 is 11.3 Å². The molecule has 0 saturated carbocycles. The second-order valence-electron chi connectivity index (χ2n) is 1.35. The Kier molecular flexibility index (Phi) is 1.80. The molecule has 1 heterocycles. The Morgan fingerprint density at radius 3 is 2.60 bits per heavy atom. The highest BCUT2D eigenvalue weighted by atomic mass is 32.1. The Morgan fingerprint density at radius 2 is 2.20 bits per heavy atom. The van der Waals surface area contributed by atoms with Crippen LogP contribution in [-0.2, 0) is 0 Å². The molecule has 0 N–H and O–H groups in total. The van der Waals surface area contributed by atoms with Crippen LogP contribution in [-0.4, -0.2) is 11.3 Å². The minimum Gasteiger partial charge on any atom is -0.378 e. The van der Waals surface area contributed by atoms with Gasteiger partial charge >= 0.3 is 6.36 Å². The van der Waals surface area contributed by atoms with Crippen LogP contribution in [0.3, 0.4) is 0 Å². The molecular formula is C4H2F3NOS. The van der Waals surface area contributed by atoms with Crippen LogP contribution in [0.5, 0.6) is 5.19 Å². The minimum atomic E-state index is -4.63. The number of halogens is 3. The number of ether oxygens (including phenoxy) is 1. The van der Waals surface area contributed by atoms with E-state index in [1.54, 1.807) is 0 Å². The van der Waals surface area contributed by atoms with Crippen LogP contribution in [0.15, 0.2) is 11.6 Å². The summed E-state index contributed by atoms with van der Waals surface area (Å²) in [5.41, 5.74) is 0. The average Bonchev–Trinajstić information content (AvgIpc) is 2.12. The van der Waals surface area contributed by atoms with E-state index in [9.17, 15) is 13.2 Å². The van der Waals surface area contributed by atoms with E-state index in [-0.39, 0.29) is 5.19 Å². The smallest absolute Gasteiger partial charge is 0.378 e. The summed E-state index contributed by atoms with van der Waals surface area (Å²) >= 11 is 0.796. The third-order valence-electron chi connectivity index (χ3n) is 0.613. The summed E-state index contributed by atoms with van der Waals surface area (Å²) in [6.45, 7) is 0. The lowest BCUT2D eigenvalue weighted by Crippen LogP contribution is -2.16. The van der Waals surface area contributed by atoms with Gasteiger partial charge in [-0.05, 0) is 0 Å². The maximum absolute atomic E-state index is 11.4. The van der Waals surface area contributed by atoms with E-state index in [1.807, 2.05) is 0 Å². The van der Waals surface area contributed by atoms with Crippen molar-refractivity contribution in [2.75, 3.05) is 0 Å². The highest BCUT2D eigenvalue weighted by Gasteiger charge is 2.32. The van der Waals surface area contributed by atoms with E-state index in [1.165, 1.54) is 11.6 Å². The lowest BCUT2D eigenvalue weighted by atomic mass is 11.0. The fourth-order valence-electron chi connectivity index (χ4n) is 0.360. The predicted octanol–water partition coefficient (Wildman–Crippen LogP) is 2.04. The quantitative estimate of drug-likeness (QED) is 0.641. The number of thiazole rings is 1. The van der Waals surface area contributed by atoms with Gasteiger partial charge in [0.05, 0.1) is 0 Å². The summed E-state index contributed by atoms with van der Waals surface area (Å²) in [5.74, 6) is 0. The van der Waals surface area contributed by atoms with Gasteiger partial charge in [0.15, 0.2) is 0 Å². The number of hydrogen-bond donors (Lipinski definition) is 0. The minimum absolute atomic E-state index is 0.382. The van der Waals surface area contributed by atoms with Crippen molar-refractivity contribution in [2.45, 2.75) is 6.36 Å². The Morgan fingerprint density at radius 1 is 1.50 bits per heavy atom. The first-order chi connectivity index (χ1) is 4.58. The van der Waals surface area contributed by atoms with Crippen molar-refractivity contribution in [3.63, 3.8) is 0 Å². The van der Waals surface area contributed by atoms with Crippen molar-refractivity contribution < 1.29 is 17.9 Å².